The largest absolute Gasteiger partial charge is 0.481 e. The number of carboxylic acids is 1. The molecule has 2 unspecified atom stereocenters. The van der Waals surface area contributed by atoms with Crippen LogP contribution in [0.3, 0.4) is 0 Å². The molecule has 1 saturated heterocycles. The number of carbonyl (C=O) groups is 2. The highest BCUT2D eigenvalue weighted by molar-refractivity contribution is 5.89. The van der Waals surface area contributed by atoms with E-state index in [-0.39, 0.29) is 18.3 Å². The summed E-state index contributed by atoms with van der Waals surface area (Å²) < 4.78 is 37.9. The number of hydrogen-bond donors (Lipinski definition) is 2. The molecule has 2 N–H and O–H groups in total. The summed E-state index contributed by atoms with van der Waals surface area (Å²) in [6.45, 7) is 2.18. The molecule has 0 spiro atoms. The number of urea groups is 1. The molecule has 2 rings (SSSR count). The second-order valence-corrected chi connectivity index (χ2v) is 5.64. The number of aromatic nitrogens is 1. The summed E-state index contributed by atoms with van der Waals surface area (Å²) in [5, 5.41) is 11.4. The van der Waals surface area contributed by atoms with Crippen LogP contribution in [0.5, 0.6) is 0 Å². The Labute approximate surface area is 130 Å². The van der Waals surface area contributed by atoms with E-state index in [1.165, 1.54) is 4.90 Å². The van der Waals surface area contributed by atoms with Crippen molar-refractivity contribution in [1.29, 1.82) is 0 Å². The van der Waals surface area contributed by atoms with Crippen LogP contribution in [0.2, 0.25) is 0 Å². The minimum absolute atomic E-state index is 0.00920. The fourth-order valence-electron chi connectivity index (χ4n) is 2.56. The van der Waals surface area contributed by atoms with Gasteiger partial charge in [-0.1, -0.05) is 6.92 Å². The van der Waals surface area contributed by atoms with Crippen LogP contribution in [-0.4, -0.2) is 40.1 Å². The average Bonchev–Trinajstić information content (AvgIpc) is 2.46. The first-order valence-electron chi connectivity index (χ1n) is 6.99. The van der Waals surface area contributed by atoms with Crippen LogP contribution in [0.1, 0.15) is 18.9 Å². The van der Waals surface area contributed by atoms with Crippen LogP contribution in [0.4, 0.5) is 23.8 Å². The highest BCUT2D eigenvalue weighted by atomic mass is 19.4. The molecule has 0 saturated carbocycles. The molecule has 6 nitrogen and oxygen atoms in total. The lowest BCUT2D eigenvalue weighted by molar-refractivity contribution is -0.143. The zero-order valence-electron chi connectivity index (χ0n) is 12.3. The number of amides is 2. The fraction of sp³-hybridized carbons (Fsp3) is 0.500. The number of pyridine rings is 1. The first kappa shape index (κ1) is 17.0. The van der Waals surface area contributed by atoms with Gasteiger partial charge in [0.2, 0.25) is 0 Å². The van der Waals surface area contributed by atoms with Crippen molar-refractivity contribution in [2.24, 2.45) is 11.8 Å². The Balaban J connectivity index is 2.08. The first-order chi connectivity index (χ1) is 10.7. The van der Waals surface area contributed by atoms with E-state index in [0.29, 0.717) is 13.0 Å². The van der Waals surface area contributed by atoms with Crippen LogP contribution in [-0.2, 0) is 11.0 Å². The molecular weight excluding hydrogens is 315 g/mol. The van der Waals surface area contributed by atoms with E-state index in [1.807, 2.05) is 6.92 Å². The molecule has 2 heterocycles. The molecule has 0 aliphatic carbocycles. The van der Waals surface area contributed by atoms with Gasteiger partial charge in [0.15, 0.2) is 0 Å². The van der Waals surface area contributed by atoms with E-state index in [2.05, 4.69) is 10.3 Å². The lowest BCUT2D eigenvalue weighted by Crippen LogP contribution is -2.47. The summed E-state index contributed by atoms with van der Waals surface area (Å²) in [5.41, 5.74) is -0.918. The number of aliphatic carboxylic acids is 1. The average molecular weight is 331 g/mol. The molecule has 1 aliphatic rings. The van der Waals surface area contributed by atoms with Crippen LogP contribution in [0.15, 0.2) is 18.3 Å². The molecule has 0 bridgehead atoms. The number of rotatable bonds is 2. The number of piperidine rings is 1. The third kappa shape index (κ3) is 4.33. The van der Waals surface area contributed by atoms with Gasteiger partial charge in [0.25, 0.3) is 0 Å². The maximum Gasteiger partial charge on any atom is 0.416 e. The van der Waals surface area contributed by atoms with Crippen molar-refractivity contribution in [2.45, 2.75) is 19.5 Å². The number of halogens is 3. The maximum atomic E-state index is 12.6. The molecule has 1 aromatic heterocycles. The van der Waals surface area contributed by atoms with Crippen molar-refractivity contribution in [3.8, 4) is 0 Å². The third-order valence-electron chi connectivity index (χ3n) is 3.62. The first-order valence-corrected chi connectivity index (χ1v) is 6.99. The second kappa shape index (κ2) is 6.43. The Morgan fingerprint density at radius 2 is 2.09 bits per heavy atom. The normalized spacial score (nSPS) is 21.8. The number of nitrogens with one attached hydrogen (secondary N) is 1. The molecule has 2 atom stereocenters. The number of carbonyl (C=O) groups excluding carboxylic acids is 1. The van der Waals surface area contributed by atoms with Gasteiger partial charge in [0.05, 0.1) is 11.5 Å². The molecule has 2 amide bonds. The highest BCUT2D eigenvalue weighted by Gasteiger charge is 2.33. The lowest BCUT2D eigenvalue weighted by atomic mass is 9.91. The topological polar surface area (TPSA) is 82.5 Å². The predicted molar refractivity (Wildman–Crippen MR) is 74.7 cm³/mol. The Bertz CT molecular complexity index is 606. The monoisotopic (exact) mass is 331 g/mol. The number of anilines is 1. The zero-order chi connectivity index (χ0) is 17.2. The molecule has 9 heteroatoms. The Morgan fingerprint density at radius 1 is 1.39 bits per heavy atom. The quantitative estimate of drug-likeness (QED) is 0.873. The number of likely N-dealkylation sites (tertiary alicyclic amines) is 1. The van der Waals surface area contributed by atoms with Gasteiger partial charge in [-0.25, -0.2) is 9.78 Å². The molecule has 126 valence electrons. The van der Waals surface area contributed by atoms with E-state index in [1.54, 1.807) is 0 Å². The van der Waals surface area contributed by atoms with Crippen molar-refractivity contribution >= 4 is 17.8 Å². The van der Waals surface area contributed by atoms with E-state index in [0.717, 1.165) is 18.3 Å². The van der Waals surface area contributed by atoms with Crippen molar-refractivity contribution in [3.63, 3.8) is 0 Å². The van der Waals surface area contributed by atoms with Gasteiger partial charge in [-0.15, -0.1) is 0 Å². The Morgan fingerprint density at radius 3 is 2.70 bits per heavy atom. The highest BCUT2D eigenvalue weighted by Crippen LogP contribution is 2.30. The van der Waals surface area contributed by atoms with Gasteiger partial charge < -0.3 is 10.0 Å². The van der Waals surface area contributed by atoms with Gasteiger partial charge in [-0.3, -0.25) is 10.1 Å². The van der Waals surface area contributed by atoms with E-state index >= 15 is 0 Å². The lowest BCUT2D eigenvalue weighted by Gasteiger charge is -2.34. The number of hydrogen-bond acceptors (Lipinski definition) is 3. The van der Waals surface area contributed by atoms with E-state index < -0.39 is 29.7 Å². The van der Waals surface area contributed by atoms with Gasteiger partial charge in [-0.05, 0) is 24.5 Å². The number of carboxylic acid groups (broad SMARTS) is 1. The zero-order valence-corrected chi connectivity index (χ0v) is 12.3. The van der Waals surface area contributed by atoms with E-state index in [9.17, 15) is 22.8 Å². The van der Waals surface area contributed by atoms with Crippen LogP contribution < -0.4 is 5.32 Å². The summed E-state index contributed by atoms with van der Waals surface area (Å²) >= 11 is 0. The summed E-state index contributed by atoms with van der Waals surface area (Å²) in [6, 6.07) is 0.883. The van der Waals surface area contributed by atoms with Gasteiger partial charge >= 0.3 is 18.2 Å². The molecule has 1 fully saturated rings. The van der Waals surface area contributed by atoms with Crippen molar-refractivity contribution in [1.82, 2.24) is 9.88 Å². The molecule has 0 radical (unpaired) electrons. The van der Waals surface area contributed by atoms with Crippen molar-refractivity contribution < 1.29 is 27.9 Å². The summed E-state index contributed by atoms with van der Waals surface area (Å²) in [4.78, 5) is 28.2. The SMILES string of the molecule is CC1CC(C(=O)O)CN(C(=O)Nc2cc(C(F)(F)F)ccn2)C1. The molecule has 23 heavy (non-hydrogen) atoms. The Hall–Kier alpha value is -2.32. The number of alkyl halides is 3. The van der Waals surface area contributed by atoms with Crippen LogP contribution >= 0.6 is 0 Å². The van der Waals surface area contributed by atoms with Crippen molar-refractivity contribution in [2.75, 3.05) is 18.4 Å². The second-order valence-electron chi connectivity index (χ2n) is 5.64. The molecule has 1 aliphatic heterocycles. The number of nitrogens with zero attached hydrogens (tertiary/aromatic N) is 2. The van der Waals surface area contributed by atoms with Gasteiger partial charge in [-0.2, -0.15) is 13.2 Å². The van der Waals surface area contributed by atoms with Gasteiger partial charge in [0, 0.05) is 19.3 Å². The smallest absolute Gasteiger partial charge is 0.416 e. The standard InChI is InChI=1S/C14H16F3N3O3/c1-8-4-9(12(21)22)7-20(6-8)13(23)19-11-5-10(2-3-18-11)14(15,16)17/h2-3,5,8-9H,4,6-7H2,1H3,(H,21,22)(H,18,19,23). The van der Waals surface area contributed by atoms with Gasteiger partial charge in [0.1, 0.15) is 5.82 Å². The summed E-state index contributed by atoms with van der Waals surface area (Å²) in [6.07, 6.45) is -3.12. The van der Waals surface area contributed by atoms with Crippen LogP contribution in [0.25, 0.3) is 0 Å². The Kier molecular flexibility index (Phi) is 4.76. The van der Waals surface area contributed by atoms with E-state index in [4.69, 9.17) is 5.11 Å². The minimum Gasteiger partial charge on any atom is -0.481 e. The minimum atomic E-state index is -4.53. The summed E-state index contributed by atoms with van der Waals surface area (Å²) in [7, 11) is 0. The fourth-order valence-corrected chi connectivity index (χ4v) is 2.56. The molecule has 0 aromatic carbocycles. The third-order valence-corrected chi connectivity index (χ3v) is 3.62. The molecular formula is C14H16F3N3O3. The summed E-state index contributed by atoms with van der Waals surface area (Å²) in [5.74, 6) is -1.91. The predicted octanol–water partition coefficient (Wildman–Crippen LogP) is 2.67. The van der Waals surface area contributed by atoms with Crippen molar-refractivity contribution in [3.05, 3.63) is 23.9 Å². The van der Waals surface area contributed by atoms with Crippen LogP contribution in [0, 0.1) is 11.8 Å². The maximum absolute atomic E-state index is 12.6. The molecule has 1 aromatic rings.